The van der Waals surface area contributed by atoms with Gasteiger partial charge >= 0.3 is 0 Å². The van der Waals surface area contributed by atoms with E-state index in [2.05, 4.69) is 15.7 Å². The molecule has 0 atom stereocenters. The summed E-state index contributed by atoms with van der Waals surface area (Å²) in [5.41, 5.74) is 2.03. The molecule has 2 amide bonds. The lowest BCUT2D eigenvalue weighted by atomic mass is 10.2. The number of carbonyl (C=O) groups excluding carboxylic acids is 2. The van der Waals surface area contributed by atoms with Crippen molar-refractivity contribution in [2.45, 2.75) is 6.54 Å². The van der Waals surface area contributed by atoms with E-state index in [4.69, 9.17) is 0 Å². The maximum absolute atomic E-state index is 12.4. The second-order valence-corrected chi connectivity index (χ2v) is 6.55. The summed E-state index contributed by atoms with van der Waals surface area (Å²) in [5, 5.41) is 10.2. The van der Waals surface area contributed by atoms with Crippen LogP contribution in [0, 0.1) is 0 Å². The highest BCUT2D eigenvalue weighted by Gasteiger charge is 2.16. The monoisotopic (exact) mass is 377 g/mol. The molecule has 4 rings (SSSR count). The molecule has 142 valence electrons. The number of rotatable bonds is 4. The van der Waals surface area contributed by atoms with Crippen molar-refractivity contribution in [3.8, 4) is 0 Å². The standard InChI is InChI=1S/C20H19N5O3/c26-18-11-22-25(17-4-2-1-3-16(17)18)13-20(28)23-14-5-7-15(8-6-14)24-10-9-21-19(27)12-24/h1-8,11H,9-10,12-13H2,(H,21,27)(H,23,28). The van der Waals surface area contributed by atoms with E-state index in [1.54, 1.807) is 36.4 Å². The number of nitrogens with one attached hydrogen (secondary N) is 2. The average molecular weight is 377 g/mol. The van der Waals surface area contributed by atoms with Crippen LogP contribution in [0.5, 0.6) is 0 Å². The number of carbonyl (C=O) groups is 2. The predicted octanol–water partition coefficient (Wildman–Crippen LogP) is 0.971. The number of piperazine rings is 1. The predicted molar refractivity (Wildman–Crippen MR) is 106 cm³/mol. The maximum Gasteiger partial charge on any atom is 0.246 e. The molecule has 1 aromatic heterocycles. The summed E-state index contributed by atoms with van der Waals surface area (Å²) in [6, 6.07) is 14.4. The fourth-order valence-electron chi connectivity index (χ4n) is 3.24. The van der Waals surface area contributed by atoms with Crippen molar-refractivity contribution < 1.29 is 9.59 Å². The molecule has 1 aliphatic rings. The minimum atomic E-state index is -0.244. The Balaban J connectivity index is 1.45. The van der Waals surface area contributed by atoms with Crippen molar-refractivity contribution in [2.24, 2.45) is 0 Å². The molecule has 8 nitrogen and oxygen atoms in total. The summed E-state index contributed by atoms with van der Waals surface area (Å²) in [6.07, 6.45) is 1.22. The van der Waals surface area contributed by atoms with Gasteiger partial charge in [-0.15, -0.1) is 0 Å². The van der Waals surface area contributed by atoms with Crippen LogP contribution in [0.1, 0.15) is 0 Å². The molecule has 1 fully saturated rings. The van der Waals surface area contributed by atoms with E-state index >= 15 is 0 Å². The molecule has 2 heterocycles. The van der Waals surface area contributed by atoms with E-state index in [9.17, 15) is 14.4 Å². The fraction of sp³-hybridized carbons (Fsp3) is 0.200. The SMILES string of the molecule is O=C1CN(c2ccc(NC(=O)Cn3ncc(=O)c4ccccc43)cc2)CCN1. The molecular weight excluding hydrogens is 358 g/mol. The molecule has 28 heavy (non-hydrogen) atoms. The van der Waals surface area contributed by atoms with Crippen molar-refractivity contribution >= 4 is 34.1 Å². The number of fused-ring (bicyclic) bond motifs is 1. The number of benzene rings is 2. The van der Waals surface area contributed by atoms with Crippen molar-refractivity contribution in [3.63, 3.8) is 0 Å². The molecule has 1 aliphatic heterocycles. The van der Waals surface area contributed by atoms with Crippen LogP contribution in [0.3, 0.4) is 0 Å². The zero-order valence-corrected chi connectivity index (χ0v) is 15.1. The lowest BCUT2D eigenvalue weighted by Gasteiger charge is -2.28. The summed E-state index contributed by atoms with van der Waals surface area (Å²) in [5.74, 6) is -0.240. The van der Waals surface area contributed by atoms with Gasteiger partial charge in [-0.1, -0.05) is 12.1 Å². The van der Waals surface area contributed by atoms with E-state index in [1.807, 2.05) is 17.0 Å². The normalized spacial score (nSPS) is 14.0. The van der Waals surface area contributed by atoms with Crippen LogP contribution in [-0.2, 0) is 16.1 Å². The molecule has 8 heteroatoms. The van der Waals surface area contributed by atoms with E-state index in [0.29, 0.717) is 29.7 Å². The Kier molecular flexibility index (Phi) is 4.76. The fourth-order valence-corrected chi connectivity index (χ4v) is 3.24. The summed E-state index contributed by atoms with van der Waals surface area (Å²) >= 11 is 0. The zero-order valence-electron chi connectivity index (χ0n) is 15.1. The van der Waals surface area contributed by atoms with Gasteiger partial charge in [-0.05, 0) is 36.4 Å². The largest absolute Gasteiger partial charge is 0.360 e. The van der Waals surface area contributed by atoms with Gasteiger partial charge in [-0.2, -0.15) is 5.10 Å². The molecule has 0 unspecified atom stereocenters. The van der Waals surface area contributed by atoms with Gasteiger partial charge in [0, 0.05) is 29.9 Å². The van der Waals surface area contributed by atoms with Crippen molar-refractivity contribution in [3.05, 3.63) is 65.0 Å². The number of amides is 2. The molecule has 0 spiro atoms. The van der Waals surface area contributed by atoms with E-state index in [0.717, 1.165) is 12.2 Å². The van der Waals surface area contributed by atoms with Crippen LogP contribution in [0.2, 0.25) is 0 Å². The number of hydrogen-bond donors (Lipinski definition) is 2. The van der Waals surface area contributed by atoms with Gasteiger partial charge < -0.3 is 15.5 Å². The van der Waals surface area contributed by atoms with Crippen molar-refractivity contribution in [1.82, 2.24) is 15.1 Å². The van der Waals surface area contributed by atoms with Gasteiger partial charge in [0.15, 0.2) is 0 Å². The Morgan fingerprint density at radius 1 is 1.11 bits per heavy atom. The summed E-state index contributed by atoms with van der Waals surface area (Å²) in [6.45, 7) is 1.70. The van der Waals surface area contributed by atoms with E-state index in [-0.39, 0.29) is 23.8 Å². The van der Waals surface area contributed by atoms with Gasteiger partial charge in [0.05, 0.1) is 18.3 Å². The van der Waals surface area contributed by atoms with Crippen molar-refractivity contribution in [1.29, 1.82) is 0 Å². The van der Waals surface area contributed by atoms with Gasteiger partial charge in [-0.3, -0.25) is 19.1 Å². The summed E-state index contributed by atoms with van der Waals surface area (Å²) < 4.78 is 1.51. The quantitative estimate of drug-likeness (QED) is 0.706. The maximum atomic E-state index is 12.4. The van der Waals surface area contributed by atoms with Crippen LogP contribution < -0.4 is 21.0 Å². The third-order valence-electron chi connectivity index (χ3n) is 4.61. The topological polar surface area (TPSA) is 96.3 Å². The van der Waals surface area contributed by atoms with Gasteiger partial charge in [0.2, 0.25) is 17.2 Å². The first-order chi connectivity index (χ1) is 13.6. The first kappa shape index (κ1) is 17.7. The Bertz CT molecular complexity index is 1090. The van der Waals surface area contributed by atoms with Crippen LogP contribution in [0.25, 0.3) is 10.9 Å². The minimum Gasteiger partial charge on any atom is -0.360 e. The zero-order chi connectivity index (χ0) is 19.5. The number of nitrogens with zero attached hydrogens (tertiary/aromatic N) is 3. The lowest BCUT2D eigenvalue weighted by molar-refractivity contribution is -0.120. The highest BCUT2D eigenvalue weighted by atomic mass is 16.2. The van der Waals surface area contributed by atoms with E-state index < -0.39 is 0 Å². The number of aromatic nitrogens is 2. The van der Waals surface area contributed by atoms with Crippen LogP contribution >= 0.6 is 0 Å². The van der Waals surface area contributed by atoms with Crippen LogP contribution in [-0.4, -0.2) is 41.2 Å². The summed E-state index contributed by atoms with van der Waals surface area (Å²) in [4.78, 5) is 37.8. The lowest BCUT2D eigenvalue weighted by Crippen LogP contribution is -2.47. The molecule has 0 bridgehead atoms. The second-order valence-electron chi connectivity index (χ2n) is 6.55. The third kappa shape index (κ3) is 3.71. The van der Waals surface area contributed by atoms with Crippen LogP contribution in [0.15, 0.2) is 59.5 Å². The third-order valence-corrected chi connectivity index (χ3v) is 4.61. The highest BCUT2D eigenvalue weighted by Crippen LogP contribution is 2.18. The second kappa shape index (κ2) is 7.51. The first-order valence-corrected chi connectivity index (χ1v) is 8.96. The highest BCUT2D eigenvalue weighted by molar-refractivity contribution is 5.92. The molecule has 0 aliphatic carbocycles. The van der Waals surface area contributed by atoms with Crippen molar-refractivity contribution in [2.75, 3.05) is 29.9 Å². The molecule has 2 aromatic carbocycles. The van der Waals surface area contributed by atoms with Gasteiger partial charge in [0.1, 0.15) is 6.54 Å². The first-order valence-electron chi connectivity index (χ1n) is 8.96. The van der Waals surface area contributed by atoms with Gasteiger partial charge in [-0.25, -0.2) is 0 Å². The Morgan fingerprint density at radius 3 is 2.68 bits per heavy atom. The van der Waals surface area contributed by atoms with E-state index in [1.165, 1.54) is 10.9 Å². The number of hydrogen-bond acceptors (Lipinski definition) is 5. The Labute approximate surface area is 160 Å². The average Bonchev–Trinajstić information content (AvgIpc) is 2.71. The van der Waals surface area contributed by atoms with Gasteiger partial charge in [0.25, 0.3) is 0 Å². The smallest absolute Gasteiger partial charge is 0.246 e. The molecule has 0 radical (unpaired) electrons. The summed E-state index contributed by atoms with van der Waals surface area (Å²) in [7, 11) is 0. The molecule has 0 saturated carbocycles. The minimum absolute atomic E-state index is 0.00415. The molecule has 3 aromatic rings. The Morgan fingerprint density at radius 2 is 1.89 bits per heavy atom. The number of anilines is 2. The molecular formula is C20H19N5O3. The Hall–Kier alpha value is -3.68. The molecule has 2 N–H and O–H groups in total. The van der Waals surface area contributed by atoms with Crippen LogP contribution in [0.4, 0.5) is 11.4 Å². The molecule has 1 saturated heterocycles. The number of para-hydroxylation sites is 1.